The highest BCUT2D eigenvalue weighted by molar-refractivity contribution is 7.99. The van der Waals surface area contributed by atoms with Crippen LogP contribution in [0.4, 0.5) is 0 Å². The van der Waals surface area contributed by atoms with E-state index in [2.05, 4.69) is 16.4 Å². The standard InChI is InChI=1S/C17H21N3O3S2/c1-12-3-4-15(13(2)9-12)20-7-6-18-17(20)24-10-16(21)19-14-5-8-25(22,23)11-14/h3-4,6-7,9,14H,5,8,10-11H2,1-2H3,(H,19,21)/t14-/m1/s1. The molecule has 2 aromatic rings. The molecule has 0 aliphatic carbocycles. The van der Waals surface area contributed by atoms with E-state index in [1.165, 1.54) is 17.3 Å². The monoisotopic (exact) mass is 379 g/mol. The van der Waals surface area contributed by atoms with Gasteiger partial charge in [-0.05, 0) is 31.9 Å². The molecule has 1 fully saturated rings. The molecule has 1 N–H and O–H groups in total. The minimum Gasteiger partial charge on any atom is -0.352 e. The molecule has 0 spiro atoms. The van der Waals surface area contributed by atoms with Crippen molar-refractivity contribution < 1.29 is 13.2 Å². The molecule has 1 atom stereocenters. The van der Waals surface area contributed by atoms with Gasteiger partial charge in [-0.1, -0.05) is 29.5 Å². The first kappa shape index (κ1) is 18.0. The van der Waals surface area contributed by atoms with Crippen molar-refractivity contribution in [3.05, 3.63) is 41.7 Å². The lowest BCUT2D eigenvalue weighted by Crippen LogP contribution is -2.36. The predicted molar refractivity (Wildman–Crippen MR) is 99.0 cm³/mol. The number of carbonyl (C=O) groups is 1. The number of hydrogen-bond acceptors (Lipinski definition) is 5. The largest absolute Gasteiger partial charge is 0.352 e. The Morgan fingerprint density at radius 2 is 2.20 bits per heavy atom. The van der Waals surface area contributed by atoms with E-state index < -0.39 is 9.84 Å². The van der Waals surface area contributed by atoms with Crippen LogP contribution in [0.3, 0.4) is 0 Å². The Balaban J connectivity index is 1.63. The SMILES string of the molecule is Cc1ccc(-n2ccnc2SCC(=O)N[C@@H]2CCS(=O)(=O)C2)c(C)c1. The highest BCUT2D eigenvalue weighted by Gasteiger charge is 2.28. The fourth-order valence-electron chi connectivity index (χ4n) is 2.96. The lowest BCUT2D eigenvalue weighted by Gasteiger charge is -2.12. The van der Waals surface area contributed by atoms with E-state index in [1.54, 1.807) is 6.20 Å². The molecule has 1 aromatic carbocycles. The van der Waals surface area contributed by atoms with Crippen LogP contribution in [0, 0.1) is 13.8 Å². The van der Waals surface area contributed by atoms with Crippen molar-refractivity contribution >= 4 is 27.5 Å². The summed E-state index contributed by atoms with van der Waals surface area (Å²) in [6.07, 6.45) is 4.08. The number of nitrogens with one attached hydrogen (secondary N) is 1. The van der Waals surface area contributed by atoms with Gasteiger partial charge < -0.3 is 5.32 Å². The number of amides is 1. The summed E-state index contributed by atoms with van der Waals surface area (Å²) in [6, 6.07) is 5.93. The van der Waals surface area contributed by atoms with Crippen molar-refractivity contribution in [3.63, 3.8) is 0 Å². The van der Waals surface area contributed by atoms with Gasteiger partial charge in [-0.2, -0.15) is 0 Å². The Labute approximate surface area is 152 Å². The van der Waals surface area contributed by atoms with E-state index in [9.17, 15) is 13.2 Å². The van der Waals surface area contributed by atoms with Crippen molar-refractivity contribution in [1.29, 1.82) is 0 Å². The van der Waals surface area contributed by atoms with E-state index >= 15 is 0 Å². The fourth-order valence-corrected chi connectivity index (χ4v) is 5.41. The zero-order valence-electron chi connectivity index (χ0n) is 14.2. The molecule has 6 nitrogen and oxygen atoms in total. The van der Waals surface area contributed by atoms with Crippen LogP contribution in [-0.4, -0.2) is 47.2 Å². The normalized spacial score (nSPS) is 19.0. The minimum absolute atomic E-state index is 0.0423. The molecule has 8 heteroatoms. The first-order chi connectivity index (χ1) is 11.8. The zero-order valence-corrected chi connectivity index (χ0v) is 15.9. The molecule has 0 bridgehead atoms. The second kappa shape index (κ2) is 7.21. The topological polar surface area (TPSA) is 81.1 Å². The van der Waals surface area contributed by atoms with Gasteiger partial charge in [0.25, 0.3) is 0 Å². The first-order valence-electron chi connectivity index (χ1n) is 8.07. The molecule has 1 saturated heterocycles. The summed E-state index contributed by atoms with van der Waals surface area (Å²) in [6.45, 7) is 4.10. The number of carbonyl (C=O) groups excluding carboxylic acids is 1. The minimum atomic E-state index is -2.99. The lowest BCUT2D eigenvalue weighted by atomic mass is 10.1. The molecule has 0 unspecified atom stereocenters. The van der Waals surface area contributed by atoms with Crippen molar-refractivity contribution in [2.24, 2.45) is 0 Å². The van der Waals surface area contributed by atoms with E-state index in [1.807, 2.05) is 36.7 Å². The highest BCUT2D eigenvalue weighted by Crippen LogP contribution is 2.23. The second-order valence-electron chi connectivity index (χ2n) is 6.33. The second-order valence-corrected chi connectivity index (χ2v) is 9.50. The molecular formula is C17H21N3O3S2. The predicted octanol–water partition coefficient (Wildman–Crippen LogP) is 1.88. The van der Waals surface area contributed by atoms with Crippen molar-refractivity contribution in [1.82, 2.24) is 14.9 Å². The average Bonchev–Trinajstić information content (AvgIpc) is 3.11. The molecule has 1 aliphatic rings. The van der Waals surface area contributed by atoms with Gasteiger partial charge in [0.15, 0.2) is 15.0 Å². The number of rotatable bonds is 5. The maximum atomic E-state index is 12.1. The summed E-state index contributed by atoms with van der Waals surface area (Å²) in [4.78, 5) is 16.4. The van der Waals surface area contributed by atoms with E-state index in [-0.39, 0.29) is 29.2 Å². The maximum absolute atomic E-state index is 12.1. The van der Waals surface area contributed by atoms with Crippen LogP contribution < -0.4 is 5.32 Å². The molecule has 2 heterocycles. The number of aryl methyl sites for hydroxylation is 2. The summed E-state index contributed by atoms with van der Waals surface area (Å²) < 4.78 is 24.9. The third kappa shape index (κ3) is 4.43. The molecule has 1 amide bonds. The van der Waals surface area contributed by atoms with Crippen LogP contribution >= 0.6 is 11.8 Å². The molecule has 1 aliphatic heterocycles. The number of benzene rings is 1. The van der Waals surface area contributed by atoms with Crippen molar-refractivity contribution in [2.75, 3.05) is 17.3 Å². The number of imidazole rings is 1. The van der Waals surface area contributed by atoms with Gasteiger partial charge in [0.2, 0.25) is 5.91 Å². The molecule has 25 heavy (non-hydrogen) atoms. The van der Waals surface area contributed by atoms with Crippen LogP contribution in [0.2, 0.25) is 0 Å². The number of sulfone groups is 1. The molecule has 3 rings (SSSR count). The summed E-state index contributed by atoms with van der Waals surface area (Å²) >= 11 is 1.34. The van der Waals surface area contributed by atoms with Crippen LogP contribution in [0.1, 0.15) is 17.5 Å². The van der Waals surface area contributed by atoms with Gasteiger partial charge in [-0.3, -0.25) is 9.36 Å². The molecule has 134 valence electrons. The number of thioether (sulfide) groups is 1. The Kier molecular flexibility index (Phi) is 5.19. The Hall–Kier alpha value is -1.80. The summed E-state index contributed by atoms with van der Waals surface area (Å²) in [5.41, 5.74) is 3.37. The number of nitrogens with zero attached hydrogens (tertiary/aromatic N) is 2. The quantitative estimate of drug-likeness (QED) is 0.803. The zero-order chi connectivity index (χ0) is 18.0. The summed E-state index contributed by atoms with van der Waals surface area (Å²) in [7, 11) is -2.99. The van der Waals surface area contributed by atoms with Crippen molar-refractivity contribution in [2.45, 2.75) is 31.5 Å². The average molecular weight is 380 g/mol. The Bertz CT molecular complexity index is 890. The van der Waals surface area contributed by atoms with Gasteiger partial charge in [0.1, 0.15) is 0 Å². The summed E-state index contributed by atoms with van der Waals surface area (Å²) in [5, 5.41) is 3.54. The van der Waals surface area contributed by atoms with Crippen LogP contribution in [0.15, 0.2) is 35.7 Å². The van der Waals surface area contributed by atoms with E-state index in [0.717, 1.165) is 16.4 Å². The fraction of sp³-hybridized carbons (Fsp3) is 0.412. The maximum Gasteiger partial charge on any atom is 0.230 e. The van der Waals surface area contributed by atoms with Crippen LogP contribution in [0.25, 0.3) is 5.69 Å². The molecule has 1 aromatic heterocycles. The Morgan fingerprint density at radius 1 is 1.40 bits per heavy atom. The van der Waals surface area contributed by atoms with Gasteiger partial charge in [0, 0.05) is 18.4 Å². The first-order valence-corrected chi connectivity index (χ1v) is 10.9. The van der Waals surface area contributed by atoms with Crippen LogP contribution in [0.5, 0.6) is 0 Å². The van der Waals surface area contributed by atoms with Gasteiger partial charge in [0.05, 0.1) is 22.9 Å². The molecule has 0 radical (unpaired) electrons. The van der Waals surface area contributed by atoms with Gasteiger partial charge in [-0.15, -0.1) is 0 Å². The van der Waals surface area contributed by atoms with Crippen LogP contribution in [-0.2, 0) is 14.6 Å². The third-order valence-corrected chi connectivity index (χ3v) is 6.88. The smallest absolute Gasteiger partial charge is 0.230 e. The number of aromatic nitrogens is 2. The van der Waals surface area contributed by atoms with Gasteiger partial charge >= 0.3 is 0 Å². The number of hydrogen-bond donors (Lipinski definition) is 1. The molecular weight excluding hydrogens is 358 g/mol. The van der Waals surface area contributed by atoms with E-state index in [4.69, 9.17) is 0 Å². The van der Waals surface area contributed by atoms with Crippen molar-refractivity contribution in [3.8, 4) is 5.69 Å². The highest BCUT2D eigenvalue weighted by atomic mass is 32.2. The summed E-state index contributed by atoms with van der Waals surface area (Å²) in [5.74, 6) is 0.239. The molecule has 0 saturated carbocycles. The third-order valence-electron chi connectivity index (χ3n) is 4.15. The lowest BCUT2D eigenvalue weighted by molar-refractivity contribution is -0.119. The van der Waals surface area contributed by atoms with E-state index in [0.29, 0.717) is 6.42 Å². The Morgan fingerprint density at radius 3 is 2.88 bits per heavy atom. The van der Waals surface area contributed by atoms with Gasteiger partial charge in [-0.25, -0.2) is 13.4 Å².